The molecule has 0 spiro atoms. The number of aryl methyl sites for hydroxylation is 1. The van der Waals surface area contributed by atoms with Gasteiger partial charge in [-0.3, -0.25) is 0 Å². The number of thioether (sulfide) groups is 1. The molecule has 1 aromatic carbocycles. The minimum atomic E-state index is -3.65. The van der Waals surface area contributed by atoms with E-state index in [4.69, 9.17) is 5.73 Å². The minimum Gasteiger partial charge on any atom is -0.396 e. The number of hydrogen-bond donors (Lipinski definition) is 2. The average molecular weight is 320 g/mol. The van der Waals surface area contributed by atoms with Gasteiger partial charge in [0.1, 0.15) is 5.82 Å². The van der Waals surface area contributed by atoms with Gasteiger partial charge >= 0.3 is 0 Å². The molecule has 1 rings (SSSR count). The van der Waals surface area contributed by atoms with Crippen molar-refractivity contribution >= 4 is 27.5 Å². The zero-order valence-corrected chi connectivity index (χ0v) is 13.6. The van der Waals surface area contributed by atoms with Crippen LogP contribution in [0.2, 0.25) is 0 Å². The number of halogens is 1. The van der Waals surface area contributed by atoms with Crippen LogP contribution in [0.4, 0.5) is 10.1 Å². The number of nitrogens with one attached hydrogen (secondary N) is 1. The molecular formula is C13H21FN2O2S2. The summed E-state index contributed by atoms with van der Waals surface area (Å²) in [4.78, 5) is 0.0845. The van der Waals surface area contributed by atoms with Crippen molar-refractivity contribution in [3.8, 4) is 0 Å². The summed E-state index contributed by atoms with van der Waals surface area (Å²) in [5.74, 6) is 0.419. The SMILES string of the molecule is CSCCCCNS(=O)(=O)c1c(C)cc(F)c(N)c1C. The highest BCUT2D eigenvalue weighted by Crippen LogP contribution is 2.27. The molecule has 0 fully saturated rings. The second-order valence-electron chi connectivity index (χ2n) is 4.64. The molecule has 0 unspecified atom stereocenters. The molecule has 0 heterocycles. The molecule has 20 heavy (non-hydrogen) atoms. The van der Waals surface area contributed by atoms with Crippen molar-refractivity contribution in [1.82, 2.24) is 4.72 Å². The fourth-order valence-corrected chi connectivity index (χ4v) is 4.04. The Bertz CT molecular complexity index is 574. The van der Waals surface area contributed by atoms with Crippen LogP contribution in [-0.4, -0.2) is 27.0 Å². The molecule has 4 nitrogen and oxygen atoms in total. The summed E-state index contributed by atoms with van der Waals surface area (Å²) < 4.78 is 40.6. The Morgan fingerprint density at radius 1 is 1.35 bits per heavy atom. The molecule has 114 valence electrons. The molecule has 0 bridgehead atoms. The fourth-order valence-electron chi connectivity index (χ4n) is 1.99. The molecule has 3 N–H and O–H groups in total. The summed E-state index contributed by atoms with van der Waals surface area (Å²) in [6, 6.07) is 1.16. The zero-order valence-electron chi connectivity index (χ0n) is 12.0. The second kappa shape index (κ2) is 7.28. The summed E-state index contributed by atoms with van der Waals surface area (Å²) in [6.45, 7) is 3.46. The largest absolute Gasteiger partial charge is 0.396 e. The van der Waals surface area contributed by atoms with Crippen LogP contribution in [-0.2, 0) is 10.0 Å². The number of nitrogen functional groups attached to an aromatic ring is 1. The van der Waals surface area contributed by atoms with E-state index < -0.39 is 15.8 Å². The average Bonchev–Trinajstić information content (AvgIpc) is 2.35. The molecule has 0 amide bonds. The first-order chi connectivity index (χ1) is 9.31. The van der Waals surface area contributed by atoms with Gasteiger partial charge in [0, 0.05) is 6.54 Å². The Morgan fingerprint density at radius 3 is 2.60 bits per heavy atom. The molecule has 7 heteroatoms. The molecule has 1 aromatic rings. The lowest BCUT2D eigenvalue weighted by Gasteiger charge is -2.14. The van der Waals surface area contributed by atoms with Gasteiger partial charge in [0.2, 0.25) is 10.0 Å². The van der Waals surface area contributed by atoms with E-state index >= 15 is 0 Å². The van der Waals surface area contributed by atoms with Crippen molar-refractivity contribution in [2.45, 2.75) is 31.6 Å². The Morgan fingerprint density at radius 2 is 2.00 bits per heavy atom. The lowest BCUT2D eigenvalue weighted by molar-refractivity contribution is 0.576. The Balaban J connectivity index is 2.91. The van der Waals surface area contributed by atoms with Crippen molar-refractivity contribution in [2.24, 2.45) is 0 Å². The lowest BCUT2D eigenvalue weighted by atomic mass is 10.1. The molecule has 0 aliphatic rings. The van der Waals surface area contributed by atoms with Crippen LogP contribution in [0.5, 0.6) is 0 Å². The first kappa shape index (κ1) is 17.3. The van der Waals surface area contributed by atoms with Crippen LogP contribution in [0, 0.1) is 19.7 Å². The van der Waals surface area contributed by atoms with Crippen LogP contribution in [0.15, 0.2) is 11.0 Å². The quantitative estimate of drug-likeness (QED) is 0.598. The fraction of sp³-hybridized carbons (Fsp3) is 0.538. The predicted octanol–water partition coefficient (Wildman–Crippen LogP) is 2.45. The maximum atomic E-state index is 13.5. The van der Waals surface area contributed by atoms with E-state index in [1.54, 1.807) is 18.7 Å². The Labute approximate surface area is 124 Å². The second-order valence-corrected chi connectivity index (χ2v) is 7.33. The first-order valence-corrected chi connectivity index (χ1v) is 9.22. The summed E-state index contributed by atoms with van der Waals surface area (Å²) in [5.41, 5.74) is 6.09. The molecular weight excluding hydrogens is 299 g/mol. The Kier molecular flexibility index (Phi) is 6.29. The molecule has 0 saturated carbocycles. The highest BCUT2D eigenvalue weighted by Gasteiger charge is 2.22. The minimum absolute atomic E-state index is 0.0845. The van der Waals surface area contributed by atoms with Gasteiger partial charge in [-0.2, -0.15) is 11.8 Å². The standard InChI is InChI=1S/C13H21FN2O2S2/c1-9-8-11(14)12(15)10(2)13(9)20(17,18)16-6-4-5-7-19-3/h8,16H,4-7,15H2,1-3H3. The first-order valence-electron chi connectivity index (χ1n) is 6.35. The third kappa shape index (κ3) is 4.10. The van der Waals surface area contributed by atoms with Crippen molar-refractivity contribution in [3.63, 3.8) is 0 Å². The van der Waals surface area contributed by atoms with Gasteiger partial charge in [0.25, 0.3) is 0 Å². The zero-order chi connectivity index (χ0) is 15.3. The number of hydrogen-bond acceptors (Lipinski definition) is 4. The van der Waals surface area contributed by atoms with Gasteiger partial charge in [0.15, 0.2) is 0 Å². The van der Waals surface area contributed by atoms with Crippen LogP contribution >= 0.6 is 11.8 Å². The van der Waals surface area contributed by atoms with Crippen molar-refractivity contribution < 1.29 is 12.8 Å². The number of anilines is 1. The number of nitrogens with two attached hydrogens (primary N) is 1. The van der Waals surface area contributed by atoms with Gasteiger partial charge in [-0.1, -0.05) is 0 Å². The number of benzene rings is 1. The molecule has 0 aliphatic heterocycles. The predicted molar refractivity (Wildman–Crippen MR) is 83.1 cm³/mol. The van der Waals surface area contributed by atoms with E-state index in [0.29, 0.717) is 12.1 Å². The van der Waals surface area contributed by atoms with Crippen LogP contribution in [0.25, 0.3) is 0 Å². The third-order valence-electron chi connectivity index (χ3n) is 3.04. The van der Waals surface area contributed by atoms with Gasteiger partial charge in [-0.25, -0.2) is 17.5 Å². The van der Waals surface area contributed by atoms with E-state index in [1.165, 1.54) is 6.92 Å². The smallest absolute Gasteiger partial charge is 0.241 e. The number of sulfonamides is 1. The van der Waals surface area contributed by atoms with E-state index in [-0.39, 0.29) is 16.1 Å². The molecule has 0 radical (unpaired) electrons. The van der Waals surface area contributed by atoms with Gasteiger partial charge in [-0.15, -0.1) is 0 Å². The van der Waals surface area contributed by atoms with Crippen LogP contribution in [0.3, 0.4) is 0 Å². The highest BCUT2D eigenvalue weighted by atomic mass is 32.2. The van der Waals surface area contributed by atoms with Crippen molar-refractivity contribution in [1.29, 1.82) is 0 Å². The lowest BCUT2D eigenvalue weighted by Crippen LogP contribution is -2.26. The molecule has 0 saturated heterocycles. The number of unbranched alkanes of at least 4 members (excludes halogenated alkanes) is 1. The maximum Gasteiger partial charge on any atom is 0.241 e. The van der Waals surface area contributed by atoms with E-state index in [1.807, 2.05) is 6.26 Å². The molecule has 0 aromatic heterocycles. The maximum absolute atomic E-state index is 13.5. The van der Waals surface area contributed by atoms with E-state index in [2.05, 4.69) is 4.72 Å². The van der Waals surface area contributed by atoms with Crippen molar-refractivity contribution in [3.05, 3.63) is 23.0 Å². The summed E-state index contributed by atoms with van der Waals surface area (Å²) >= 11 is 1.73. The normalized spacial score (nSPS) is 11.8. The van der Waals surface area contributed by atoms with E-state index in [9.17, 15) is 12.8 Å². The summed E-state index contributed by atoms with van der Waals surface area (Å²) in [7, 11) is -3.65. The van der Waals surface area contributed by atoms with Crippen LogP contribution in [0.1, 0.15) is 24.0 Å². The summed E-state index contributed by atoms with van der Waals surface area (Å²) in [5, 5.41) is 0. The van der Waals surface area contributed by atoms with Gasteiger partial charge in [0.05, 0.1) is 10.6 Å². The van der Waals surface area contributed by atoms with Gasteiger partial charge in [-0.05, 0) is 55.9 Å². The topological polar surface area (TPSA) is 72.2 Å². The molecule has 0 aliphatic carbocycles. The van der Waals surface area contributed by atoms with Crippen LogP contribution < -0.4 is 10.5 Å². The Hall–Kier alpha value is -0.790. The van der Waals surface area contributed by atoms with Gasteiger partial charge < -0.3 is 5.73 Å². The molecule has 0 atom stereocenters. The third-order valence-corrected chi connectivity index (χ3v) is 5.49. The van der Waals surface area contributed by atoms with Crippen molar-refractivity contribution in [2.75, 3.05) is 24.3 Å². The van der Waals surface area contributed by atoms with E-state index in [0.717, 1.165) is 24.7 Å². The number of rotatable bonds is 7. The highest BCUT2D eigenvalue weighted by molar-refractivity contribution is 7.98. The summed E-state index contributed by atoms with van der Waals surface area (Å²) in [6.07, 6.45) is 3.74. The monoisotopic (exact) mass is 320 g/mol.